The molecule has 0 radical (unpaired) electrons. The zero-order chi connectivity index (χ0) is 16.7. The van der Waals surface area contributed by atoms with Crippen LogP contribution in [0.3, 0.4) is 0 Å². The van der Waals surface area contributed by atoms with E-state index in [1.165, 1.54) is 30.4 Å². The van der Waals surface area contributed by atoms with Crippen molar-refractivity contribution in [1.82, 2.24) is 0 Å². The lowest BCUT2D eigenvalue weighted by molar-refractivity contribution is 0.0570. The molecule has 0 bridgehead atoms. The average molecular weight is 324 g/mol. The number of methoxy groups -OCH3 is 1. The molecule has 1 aliphatic carbocycles. The molecule has 0 saturated heterocycles. The van der Waals surface area contributed by atoms with Crippen LogP contribution in [-0.4, -0.2) is 12.2 Å². The van der Waals surface area contributed by atoms with Crippen LogP contribution >= 0.6 is 0 Å². The molecular weight excluding hydrogens is 300 g/mol. The molecule has 1 aliphatic heterocycles. The Morgan fingerprint density at radius 2 is 1.96 bits per heavy atom. The van der Waals surface area contributed by atoms with E-state index < -0.39 is 0 Å². The van der Waals surface area contributed by atoms with Crippen LogP contribution in [0, 0.1) is 6.92 Å². The summed E-state index contributed by atoms with van der Waals surface area (Å²) in [4.78, 5) is 0. The van der Waals surface area contributed by atoms with Crippen LogP contribution < -0.4 is 9.47 Å². The predicted octanol–water partition coefficient (Wildman–Crippen LogP) is 5.04. The maximum absolute atomic E-state index is 10.5. The Morgan fingerprint density at radius 1 is 1.17 bits per heavy atom. The van der Waals surface area contributed by atoms with E-state index >= 15 is 0 Å². The molecule has 2 atom stereocenters. The van der Waals surface area contributed by atoms with Gasteiger partial charge in [0.15, 0.2) is 11.5 Å². The maximum Gasteiger partial charge on any atom is 0.164 e. The summed E-state index contributed by atoms with van der Waals surface area (Å²) in [5.74, 6) is 1.89. The molecule has 2 aliphatic rings. The molecule has 2 aromatic rings. The fourth-order valence-corrected chi connectivity index (χ4v) is 4.58. The van der Waals surface area contributed by atoms with E-state index in [0.29, 0.717) is 5.75 Å². The largest absolute Gasteiger partial charge is 0.504 e. The van der Waals surface area contributed by atoms with Crippen molar-refractivity contribution in [2.24, 2.45) is 0 Å². The van der Waals surface area contributed by atoms with Crippen LogP contribution in [0.4, 0.5) is 0 Å². The van der Waals surface area contributed by atoms with Gasteiger partial charge in [0.2, 0.25) is 0 Å². The van der Waals surface area contributed by atoms with Crippen molar-refractivity contribution in [2.45, 2.75) is 50.5 Å². The first-order valence-electron chi connectivity index (χ1n) is 8.82. The maximum atomic E-state index is 10.5. The zero-order valence-electron chi connectivity index (χ0n) is 14.3. The Hall–Kier alpha value is -2.16. The number of hydrogen-bond donors (Lipinski definition) is 1. The van der Waals surface area contributed by atoms with Gasteiger partial charge in [-0.3, -0.25) is 0 Å². The molecule has 24 heavy (non-hydrogen) atoms. The van der Waals surface area contributed by atoms with Gasteiger partial charge in [0.05, 0.1) is 7.11 Å². The lowest BCUT2D eigenvalue weighted by Crippen LogP contribution is -2.34. The van der Waals surface area contributed by atoms with E-state index in [2.05, 4.69) is 24.3 Å². The smallest absolute Gasteiger partial charge is 0.164 e. The second kappa shape index (κ2) is 5.73. The van der Waals surface area contributed by atoms with Gasteiger partial charge in [0.25, 0.3) is 0 Å². The molecule has 1 N–H and O–H groups in total. The molecule has 1 heterocycles. The Bertz CT molecular complexity index is 753. The summed E-state index contributed by atoms with van der Waals surface area (Å²) >= 11 is 0. The van der Waals surface area contributed by atoms with Gasteiger partial charge in [-0.1, -0.05) is 43.2 Å². The zero-order valence-corrected chi connectivity index (χ0v) is 14.3. The molecule has 1 saturated carbocycles. The third-order valence-corrected chi connectivity index (χ3v) is 5.75. The van der Waals surface area contributed by atoms with Gasteiger partial charge in [-0.2, -0.15) is 0 Å². The summed E-state index contributed by atoms with van der Waals surface area (Å²) in [5.41, 5.74) is 2.99. The van der Waals surface area contributed by atoms with Gasteiger partial charge in [-0.15, -0.1) is 0 Å². The number of fused-ring (bicyclic) bond motifs is 3. The van der Waals surface area contributed by atoms with Crippen molar-refractivity contribution in [3.63, 3.8) is 0 Å². The van der Waals surface area contributed by atoms with E-state index in [-0.39, 0.29) is 17.3 Å². The van der Waals surface area contributed by atoms with Gasteiger partial charge in [0, 0.05) is 23.1 Å². The molecule has 1 fully saturated rings. The van der Waals surface area contributed by atoms with Gasteiger partial charge < -0.3 is 14.6 Å². The minimum Gasteiger partial charge on any atom is -0.504 e. The first-order valence-corrected chi connectivity index (χ1v) is 8.82. The lowest BCUT2D eigenvalue weighted by Gasteiger charge is -2.34. The monoisotopic (exact) mass is 324 g/mol. The van der Waals surface area contributed by atoms with Gasteiger partial charge in [-0.05, 0) is 31.7 Å². The van der Waals surface area contributed by atoms with E-state index in [0.717, 1.165) is 24.2 Å². The summed E-state index contributed by atoms with van der Waals surface area (Å²) in [5, 5.41) is 10.5. The topological polar surface area (TPSA) is 38.7 Å². The van der Waals surface area contributed by atoms with Crippen LogP contribution in [-0.2, 0) is 5.60 Å². The van der Waals surface area contributed by atoms with Crippen LogP contribution in [0.1, 0.15) is 54.7 Å². The van der Waals surface area contributed by atoms with Crippen molar-refractivity contribution in [1.29, 1.82) is 0 Å². The normalized spacial score (nSPS) is 25.3. The molecule has 4 rings (SSSR count). The molecule has 0 unspecified atom stereocenters. The fourth-order valence-electron chi connectivity index (χ4n) is 4.58. The summed E-state index contributed by atoms with van der Waals surface area (Å²) < 4.78 is 12.0. The Labute approximate surface area is 143 Å². The second-order valence-electron chi connectivity index (χ2n) is 6.97. The Kier molecular flexibility index (Phi) is 3.67. The molecule has 126 valence electrons. The molecule has 3 heteroatoms. The Balaban J connectivity index is 1.92. The van der Waals surface area contributed by atoms with E-state index in [9.17, 15) is 5.11 Å². The standard InChI is InChI=1S/C21H24O3/c1-14-19-16-11-7-4-8-12-21(16,15-9-5-3-6-10-15)24-17(19)13-18(23-2)20(14)22/h3,5-6,9-10,13,16,22H,4,7-8,11-12H2,1-2H3/t16-,21+/m1/s1. The van der Waals surface area contributed by atoms with Crippen molar-refractivity contribution < 1.29 is 14.6 Å². The van der Waals surface area contributed by atoms with Gasteiger partial charge in [0.1, 0.15) is 11.4 Å². The molecule has 3 nitrogen and oxygen atoms in total. The van der Waals surface area contributed by atoms with Crippen LogP contribution in [0.5, 0.6) is 17.2 Å². The molecule has 0 aromatic heterocycles. The van der Waals surface area contributed by atoms with Crippen LogP contribution in [0.25, 0.3) is 0 Å². The quantitative estimate of drug-likeness (QED) is 0.840. The average Bonchev–Trinajstić information content (AvgIpc) is 2.78. The van der Waals surface area contributed by atoms with Gasteiger partial charge >= 0.3 is 0 Å². The molecule has 0 spiro atoms. The van der Waals surface area contributed by atoms with Crippen LogP contribution in [0.2, 0.25) is 0 Å². The second-order valence-corrected chi connectivity index (χ2v) is 6.97. The Morgan fingerprint density at radius 3 is 2.71 bits per heavy atom. The third kappa shape index (κ3) is 2.10. The molecular formula is C21H24O3. The van der Waals surface area contributed by atoms with E-state index in [4.69, 9.17) is 9.47 Å². The van der Waals surface area contributed by atoms with Crippen molar-refractivity contribution in [2.75, 3.05) is 7.11 Å². The summed E-state index contributed by atoms with van der Waals surface area (Å²) in [6.07, 6.45) is 5.72. The highest BCUT2D eigenvalue weighted by atomic mass is 16.5. The number of rotatable bonds is 2. The molecule has 0 amide bonds. The van der Waals surface area contributed by atoms with Crippen molar-refractivity contribution in [3.8, 4) is 17.2 Å². The predicted molar refractivity (Wildman–Crippen MR) is 94.0 cm³/mol. The number of aromatic hydroxyl groups is 1. The highest BCUT2D eigenvalue weighted by molar-refractivity contribution is 5.61. The number of phenols is 1. The first-order chi connectivity index (χ1) is 11.7. The van der Waals surface area contributed by atoms with Gasteiger partial charge in [-0.25, -0.2) is 0 Å². The molecule has 2 aromatic carbocycles. The summed E-state index contributed by atoms with van der Waals surface area (Å²) in [6.45, 7) is 1.98. The third-order valence-electron chi connectivity index (χ3n) is 5.75. The van der Waals surface area contributed by atoms with E-state index in [1.807, 2.05) is 19.1 Å². The first kappa shape index (κ1) is 15.4. The lowest BCUT2D eigenvalue weighted by atomic mass is 9.75. The van der Waals surface area contributed by atoms with Crippen molar-refractivity contribution >= 4 is 0 Å². The van der Waals surface area contributed by atoms with Crippen LogP contribution in [0.15, 0.2) is 36.4 Å². The fraction of sp³-hybridized carbons (Fsp3) is 0.429. The SMILES string of the molecule is COc1cc2c(c(C)c1O)[C@H]1CCCCC[C@@]1(c1ccccc1)O2. The summed E-state index contributed by atoms with van der Waals surface area (Å²) in [6, 6.07) is 12.4. The summed E-state index contributed by atoms with van der Waals surface area (Å²) in [7, 11) is 1.58. The highest BCUT2D eigenvalue weighted by Gasteiger charge is 2.51. The number of benzene rings is 2. The number of hydrogen-bond acceptors (Lipinski definition) is 3. The highest BCUT2D eigenvalue weighted by Crippen LogP contribution is 2.59. The minimum atomic E-state index is -0.316. The van der Waals surface area contributed by atoms with Crippen molar-refractivity contribution in [3.05, 3.63) is 53.1 Å². The minimum absolute atomic E-state index is 0.243. The number of ether oxygens (including phenoxy) is 2. The number of phenolic OH excluding ortho intramolecular Hbond substituents is 1. The van der Waals surface area contributed by atoms with E-state index in [1.54, 1.807) is 7.11 Å².